The zero-order valence-corrected chi connectivity index (χ0v) is 32.0. The van der Waals surface area contributed by atoms with Crippen LogP contribution in [0.2, 0.25) is 0 Å². The van der Waals surface area contributed by atoms with E-state index in [-0.39, 0.29) is 29.5 Å². The van der Waals surface area contributed by atoms with Crippen LogP contribution in [0.4, 0.5) is 0 Å². The van der Waals surface area contributed by atoms with Crippen LogP contribution in [0.5, 0.6) is 0 Å². The Labute approximate surface area is 293 Å². The molecule has 0 aromatic heterocycles. The first-order chi connectivity index (χ1) is 22.9. The maximum Gasteiger partial charge on any atom is 0.361 e. The summed E-state index contributed by atoms with van der Waals surface area (Å²) in [6.07, 6.45) is 44.8. The van der Waals surface area contributed by atoms with E-state index >= 15 is 0 Å². The number of quaternary nitrogens is 1. The van der Waals surface area contributed by atoms with Crippen LogP contribution in [0.15, 0.2) is 24.3 Å². The minimum Gasteiger partial charge on any atom is -0.462 e. The van der Waals surface area contributed by atoms with Crippen LogP contribution in [0, 0.1) is 0 Å². The number of carbonyl (C=O) groups excluding carboxylic acids is 2. The van der Waals surface area contributed by atoms with Gasteiger partial charge in [0.25, 0.3) is 0 Å². The van der Waals surface area contributed by atoms with E-state index in [1.807, 2.05) is 14.1 Å². The fourth-order valence-corrected chi connectivity index (χ4v) is 5.92. The van der Waals surface area contributed by atoms with Gasteiger partial charge >= 0.3 is 11.9 Å². The highest BCUT2D eigenvalue weighted by atomic mass is 16.5. The Morgan fingerprint density at radius 1 is 0.404 bits per heavy atom. The maximum atomic E-state index is 12.3. The second-order valence-electron chi connectivity index (χ2n) is 14.6. The molecule has 0 aromatic carbocycles. The van der Waals surface area contributed by atoms with E-state index in [2.05, 4.69) is 38.2 Å². The number of esters is 2. The van der Waals surface area contributed by atoms with E-state index in [1.165, 1.54) is 154 Å². The van der Waals surface area contributed by atoms with Crippen molar-refractivity contribution >= 4 is 11.9 Å². The second-order valence-corrected chi connectivity index (χ2v) is 14.6. The maximum absolute atomic E-state index is 12.3. The van der Waals surface area contributed by atoms with Crippen LogP contribution in [-0.4, -0.2) is 56.8 Å². The lowest BCUT2D eigenvalue weighted by atomic mass is 10.1. The van der Waals surface area contributed by atoms with Crippen molar-refractivity contribution in [3.05, 3.63) is 24.3 Å². The fraction of sp³-hybridized carbons (Fsp3) is 0.857. The van der Waals surface area contributed by atoms with Crippen molar-refractivity contribution < 1.29 is 23.5 Å². The highest BCUT2D eigenvalue weighted by Crippen LogP contribution is 2.12. The number of carbonyl (C=O) groups is 2. The van der Waals surface area contributed by atoms with Gasteiger partial charge in [-0.15, -0.1) is 0 Å². The van der Waals surface area contributed by atoms with E-state index in [0.717, 1.165) is 25.7 Å². The molecule has 5 heteroatoms. The van der Waals surface area contributed by atoms with Gasteiger partial charge in [-0.25, -0.2) is 9.59 Å². The summed E-state index contributed by atoms with van der Waals surface area (Å²) in [6.45, 7) is 5.87. The molecule has 0 radical (unpaired) electrons. The fourth-order valence-electron chi connectivity index (χ4n) is 5.92. The van der Waals surface area contributed by atoms with Gasteiger partial charge in [-0.3, -0.25) is 0 Å². The quantitative estimate of drug-likeness (QED) is 0.0290. The minimum atomic E-state index is -0.233. The number of rotatable bonds is 36. The number of hydrogen-bond acceptors (Lipinski definition) is 4. The Morgan fingerprint density at radius 3 is 0.957 bits per heavy atom. The van der Waals surface area contributed by atoms with Crippen molar-refractivity contribution in [3.63, 3.8) is 0 Å². The zero-order chi connectivity index (χ0) is 34.5. The van der Waals surface area contributed by atoms with E-state index in [9.17, 15) is 9.59 Å². The van der Waals surface area contributed by atoms with Gasteiger partial charge in [-0.1, -0.05) is 154 Å². The smallest absolute Gasteiger partial charge is 0.361 e. The molecule has 0 bridgehead atoms. The van der Waals surface area contributed by atoms with Gasteiger partial charge in [0.2, 0.25) is 0 Å². The van der Waals surface area contributed by atoms with Crippen LogP contribution in [0.1, 0.15) is 194 Å². The van der Waals surface area contributed by atoms with Crippen molar-refractivity contribution in [2.45, 2.75) is 194 Å². The molecule has 0 unspecified atom stereocenters. The van der Waals surface area contributed by atoms with Gasteiger partial charge in [0.15, 0.2) is 13.1 Å². The Balaban J connectivity index is 3.56. The second kappa shape index (κ2) is 35.7. The first kappa shape index (κ1) is 45.4. The average molecular weight is 663 g/mol. The third-order valence-electron chi connectivity index (χ3n) is 8.95. The summed E-state index contributed by atoms with van der Waals surface area (Å²) in [4.78, 5) is 24.7. The van der Waals surface area contributed by atoms with E-state index < -0.39 is 0 Å². The Bertz CT molecular complexity index is 685. The standard InChI is InChI=1S/C42H80NO4/c1-5-7-9-11-13-15-17-19-21-23-25-27-29-31-33-35-37-46-41(44)39-43(3,4)40-42(45)47-38-36-34-32-30-28-26-24-22-20-18-16-14-12-10-8-6-2/h19-22H,5-18,23-40H2,1-4H3/q+1/b21-19-,22-20-. The van der Waals surface area contributed by atoms with Crippen molar-refractivity contribution in [1.29, 1.82) is 0 Å². The van der Waals surface area contributed by atoms with Crippen molar-refractivity contribution in [2.24, 2.45) is 0 Å². The number of unbranched alkanes of at least 4 members (excludes halogenated alkanes) is 24. The molecular weight excluding hydrogens is 582 g/mol. The molecule has 0 aliphatic rings. The molecule has 0 rings (SSSR count). The molecule has 0 amide bonds. The minimum absolute atomic E-state index is 0.190. The molecule has 0 atom stereocenters. The number of allylic oxidation sites excluding steroid dienone is 4. The van der Waals surface area contributed by atoms with Crippen LogP contribution in [-0.2, 0) is 19.1 Å². The lowest BCUT2D eigenvalue weighted by molar-refractivity contribution is -0.875. The van der Waals surface area contributed by atoms with Gasteiger partial charge < -0.3 is 14.0 Å². The summed E-state index contributed by atoms with van der Waals surface area (Å²) in [7, 11) is 3.77. The van der Waals surface area contributed by atoms with Crippen molar-refractivity contribution in [2.75, 3.05) is 40.4 Å². The SMILES string of the molecule is CCCCCCCC/C=C\CCCCCCCCOC(=O)C[N+](C)(C)CC(=O)OCCCCCCCC/C=C\CCCCCCCC. The van der Waals surface area contributed by atoms with Gasteiger partial charge in [0.1, 0.15) is 0 Å². The molecule has 0 saturated heterocycles. The number of nitrogens with zero attached hydrogens (tertiary/aromatic N) is 1. The number of ether oxygens (including phenoxy) is 2. The van der Waals surface area contributed by atoms with E-state index in [4.69, 9.17) is 9.47 Å². The van der Waals surface area contributed by atoms with Crippen LogP contribution < -0.4 is 0 Å². The predicted molar refractivity (Wildman–Crippen MR) is 203 cm³/mol. The molecule has 0 aromatic rings. The first-order valence-corrected chi connectivity index (χ1v) is 20.3. The monoisotopic (exact) mass is 663 g/mol. The average Bonchev–Trinajstić information content (AvgIpc) is 3.03. The summed E-state index contributed by atoms with van der Waals surface area (Å²) < 4.78 is 11.2. The molecule has 0 aliphatic carbocycles. The molecule has 0 spiro atoms. The van der Waals surface area contributed by atoms with Crippen LogP contribution >= 0.6 is 0 Å². The van der Waals surface area contributed by atoms with Crippen LogP contribution in [0.25, 0.3) is 0 Å². The molecule has 47 heavy (non-hydrogen) atoms. The van der Waals surface area contributed by atoms with Crippen LogP contribution in [0.3, 0.4) is 0 Å². The number of hydrogen-bond donors (Lipinski definition) is 0. The molecule has 5 nitrogen and oxygen atoms in total. The molecule has 0 fully saturated rings. The van der Waals surface area contributed by atoms with Crippen molar-refractivity contribution in [1.82, 2.24) is 0 Å². The summed E-state index contributed by atoms with van der Waals surface area (Å²) in [6, 6.07) is 0. The number of likely N-dealkylation sites (N-methyl/N-ethyl adjacent to an activating group) is 1. The lowest BCUT2D eigenvalue weighted by Crippen LogP contribution is -2.48. The third-order valence-corrected chi connectivity index (χ3v) is 8.95. The summed E-state index contributed by atoms with van der Waals surface area (Å²) >= 11 is 0. The normalized spacial score (nSPS) is 12.0. The largest absolute Gasteiger partial charge is 0.462 e. The third kappa shape index (κ3) is 37.1. The lowest BCUT2D eigenvalue weighted by Gasteiger charge is -2.27. The Kier molecular flexibility index (Phi) is 34.5. The van der Waals surface area contributed by atoms with E-state index in [0.29, 0.717) is 13.2 Å². The molecule has 0 saturated carbocycles. The Hall–Kier alpha value is -1.62. The summed E-state index contributed by atoms with van der Waals surface area (Å²) in [5, 5.41) is 0. The van der Waals surface area contributed by atoms with E-state index in [1.54, 1.807) is 0 Å². The highest BCUT2D eigenvalue weighted by molar-refractivity contribution is 5.73. The zero-order valence-electron chi connectivity index (χ0n) is 32.0. The summed E-state index contributed by atoms with van der Waals surface area (Å²) in [5.41, 5.74) is 0. The summed E-state index contributed by atoms with van der Waals surface area (Å²) in [5.74, 6) is -0.465. The predicted octanol–water partition coefficient (Wildman–Crippen LogP) is 12.2. The Morgan fingerprint density at radius 2 is 0.660 bits per heavy atom. The van der Waals surface area contributed by atoms with Crippen molar-refractivity contribution in [3.8, 4) is 0 Å². The molecular formula is C42H80NO4+. The highest BCUT2D eigenvalue weighted by Gasteiger charge is 2.25. The molecule has 0 heterocycles. The molecule has 276 valence electrons. The van der Waals surface area contributed by atoms with Gasteiger partial charge in [0, 0.05) is 0 Å². The first-order valence-electron chi connectivity index (χ1n) is 20.3. The van der Waals surface area contributed by atoms with Gasteiger partial charge in [-0.2, -0.15) is 0 Å². The van der Waals surface area contributed by atoms with Gasteiger partial charge in [0.05, 0.1) is 27.3 Å². The topological polar surface area (TPSA) is 52.6 Å². The molecule has 0 N–H and O–H groups in total. The molecule has 0 aliphatic heterocycles. The van der Waals surface area contributed by atoms with Gasteiger partial charge in [-0.05, 0) is 64.2 Å².